The molecule has 0 saturated heterocycles. The van der Waals surface area contributed by atoms with Crippen molar-refractivity contribution in [3.63, 3.8) is 0 Å². The lowest BCUT2D eigenvalue weighted by atomic mass is 10.3. The first-order chi connectivity index (χ1) is 11.1. The van der Waals surface area contributed by atoms with Gasteiger partial charge in [-0.3, -0.25) is 0 Å². The Balaban J connectivity index is 1.95. The van der Waals surface area contributed by atoms with E-state index in [1.807, 2.05) is 0 Å². The Labute approximate surface area is 138 Å². The van der Waals surface area contributed by atoms with Crippen LogP contribution in [0, 0.1) is 6.20 Å². The van der Waals surface area contributed by atoms with E-state index in [4.69, 9.17) is 0 Å². The molecule has 0 amide bonds. The summed E-state index contributed by atoms with van der Waals surface area (Å²) in [4.78, 5) is 10.5. The summed E-state index contributed by atoms with van der Waals surface area (Å²) in [5, 5.41) is 0.728. The molecule has 3 heterocycles. The number of hydrogen-bond donors (Lipinski definition) is 0. The average molecular weight is 380 g/mol. The third-order valence-electron chi connectivity index (χ3n) is 2.72. The van der Waals surface area contributed by atoms with Crippen molar-refractivity contribution in [2.24, 2.45) is 0 Å². The molecule has 0 aliphatic rings. The Kier molecular flexibility index (Phi) is 4.08. The van der Waals surface area contributed by atoms with Crippen LogP contribution in [0.15, 0.2) is 23.6 Å². The molecule has 3 aromatic rings. The molecule has 0 aliphatic carbocycles. The van der Waals surface area contributed by atoms with E-state index in [-0.39, 0.29) is 21.4 Å². The minimum atomic E-state index is -4.59. The number of thiazole rings is 1. The van der Waals surface area contributed by atoms with Crippen LogP contribution in [0.1, 0.15) is 10.6 Å². The highest BCUT2D eigenvalue weighted by Gasteiger charge is 2.34. The number of halogens is 6. The minimum absolute atomic E-state index is 0.0898. The lowest BCUT2D eigenvalue weighted by Crippen LogP contribution is -2.05. The summed E-state index contributed by atoms with van der Waals surface area (Å²) in [6, 6.07) is 3.40. The molecule has 3 rings (SSSR count). The fourth-order valence-electron chi connectivity index (χ4n) is 1.68. The van der Waals surface area contributed by atoms with Crippen molar-refractivity contribution in [1.29, 1.82) is 0 Å². The van der Waals surface area contributed by atoms with Crippen molar-refractivity contribution in [3.05, 3.63) is 40.3 Å². The SMILES string of the molecule is FC(F)(F)c1csc(-c2n[c]cc(-c3ccc(C(F)(F)F)s3)n2)n1. The van der Waals surface area contributed by atoms with Crippen molar-refractivity contribution in [2.45, 2.75) is 12.4 Å². The van der Waals surface area contributed by atoms with Crippen LogP contribution < -0.4 is 0 Å². The van der Waals surface area contributed by atoms with Crippen molar-refractivity contribution in [2.75, 3.05) is 0 Å². The predicted octanol–water partition coefficient (Wildman–Crippen LogP) is 5.17. The van der Waals surface area contributed by atoms with Crippen molar-refractivity contribution < 1.29 is 26.3 Å². The quantitative estimate of drug-likeness (QED) is 0.576. The maximum Gasteiger partial charge on any atom is 0.434 e. The molecule has 24 heavy (non-hydrogen) atoms. The molecule has 0 saturated carbocycles. The summed E-state index contributed by atoms with van der Waals surface area (Å²) < 4.78 is 75.6. The normalized spacial score (nSPS) is 12.6. The molecule has 0 unspecified atom stereocenters. The number of thiophene rings is 1. The molecule has 0 bridgehead atoms. The molecule has 3 aromatic heterocycles. The highest BCUT2D eigenvalue weighted by atomic mass is 32.1. The molecular weight excluding hydrogens is 376 g/mol. The van der Waals surface area contributed by atoms with Crippen LogP contribution in [0.2, 0.25) is 0 Å². The summed E-state index contributed by atoms with van der Waals surface area (Å²) in [5.74, 6) is -0.130. The largest absolute Gasteiger partial charge is 0.434 e. The van der Waals surface area contributed by atoms with Gasteiger partial charge in [-0.25, -0.2) is 15.0 Å². The summed E-state index contributed by atoms with van der Waals surface area (Å²) >= 11 is 1.16. The fraction of sp³-hybridized carbons (Fsp3) is 0.154. The first-order valence-electron chi connectivity index (χ1n) is 6.10. The second-order valence-corrected chi connectivity index (χ2v) is 6.35. The summed E-state index contributed by atoms with van der Waals surface area (Å²) in [5.41, 5.74) is -0.948. The standard InChI is InChI=1S/C13H4F6N3S2/c14-12(15,16)8-5-23-11(22-8)10-20-4-3-6(21-10)7-1-2-9(24-7)13(17,18)19/h1-3,5H. The molecule has 125 valence electrons. The van der Waals surface area contributed by atoms with Gasteiger partial charge in [-0.05, 0) is 18.2 Å². The highest BCUT2D eigenvalue weighted by molar-refractivity contribution is 7.15. The van der Waals surface area contributed by atoms with Gasteiger partial charge in [0.15, 0.2) is 16.5 Å². The smallest absolute Gasteiger partial charge is 0.228 e. The van der Waals surface area contributed by atoms with Gasteiger partial charge in [0.25, 0.3) is 0 Å². The lowest BCUT2D eigenvalue weighted by molar-refractivity contribution is -0.140. The molecule has 1 radical (unpaired) electrons. The Morgan fingerprint density at radius 3 is 2.29 bits per heavy atom. The predicted molar refractivity (Wildman–Crippen MR) is 75.3 cm³/mol. The maximum atomic E-state index is 12.6. The topological polar surface area (TPSA) is 38.7 Å². The zero-order valence-corrected chi connectivity index (χ0v) is 12.9. The van der Waals surface area contributed by atoms with Crippen LogP contribution in [0.3, 0.4) is 0 Å². The van der Waals surface area contributed by atoms with Crippen LogP contribution in [-0.2, 0) is 12.4 Å². The first kappa shape index (κ1) is 16.8. The zero-order chi connectivity index (χ0) is 17.5. The second kappa shape index (κ2) is 5.81. The summed E-state index contributed by atoms with van der Waals surface area (Å²) in [6.07, 6.45) is -6.64. The van der Waals surface area contributed by atoms with Crippen LogP contribution in [0.4, 0.5) is 26.3 Å². The van der Waals surface area contributed by atoms with E-state index >= 15 is 0 Å². The van der Waals surface area contributed by atoms with Gasteiger partial charge in [-0.15, -0.1) is 22.7 Å². The molecule has 0 atom stereocenters. The van der Waals surface area contributed by atoms with Gasteiger partial charge in [0.05, 0.1) is 16.8 Å². The van der Waals surface area contributed by atoms with E-state index in [9.17, 15) is 26.3 Å². The van der Waals surface area contributed by atoms with Gasteiger partial charge in [-0.2, -0.15) is 26.3 Å². The van der Waals surface area contributed by atoms with E-state index in [1.165, 1.54) is 12.1 Å². The van der Waals surface area contributed by atoms with Gasteiger partial charge >= 0.3 is 12.4 Å². The van der Waals surface area contributed by atoms with Gasteiger partial charge in [0.1, 0.15) is 4.88 Å². The van der Waals surface area contributed by atoms with Crippen LogP contribution >= 0.6 is 22.7 Å². The van der Waals surface area contributed by atoms with Crippen molar-refractivity contribution in [3.8, 4) is 21.4 Å². The first-order valence-corrected chi connectivity index (χ1v) is 7.80. The Morgan fingerprint density at radius 1 is 0.958 bits per heavy atom. The van der Waals surface area contributed by atoms with Gasteiger partial charge in [0.2, 0.25) is 0 Å². The zero-order valence-electron chi connectivity index (χ0n) is 11.2. The second-order valence-electron chi connectivity index (χ2n) is 4.40. The van der Waals surface area contributed by atoms with E-state index in [0.29, 0.717) is 22.7 Å². The number of hydrogen-bond acceptors (Lipinski definition) is 5. The molecule has 0 aliphatic heterocycles. The van der Waals surface area contributed by atoms with Crippen LogP contribution in [-0.4, -0.2) is 15.0 Å². The van der Waals surface area contributed by atoms with Gasteiger partial charge in [-0.1, -0.05) is 0 Å². The van der Waals surface area contributed by atoms with E-state index in [0.717, 1.165) is 11.4 Å². The molecule has 3 nitrogen and oxygen atoms in total. The molecule has 0 spiro atoms. The van der Waals surface area contributed by atoms with E-state index in [2.05, 4.69) is 21.1 Å². The minimum Gasteiger partial charge on any atom is -0.228 e. The maximum absolute atomic E-state index is 12.6. The molecule has 0 aromatic carbocycles. The van der Waals surface area contributed by atoms with Crippen molar-refractivity contribution >= 4 is 22.7 Å². The summed E-state index contributed by atoms with van der Waals surface area (Å²) in [7, 11) is 0. The van der Waals surface area contributed by atoms with E-state index < -0.39 is 22.9 Å². The number of aromatic nitrogens is 3. The van der Waals surface area contributed by atoms with Gasteiger partial charge in [0, 0.05) is 5.38 Å². The van der Waals surface area contributed by atoms with Crippen LogP contribution in [0.25, 0.3) is 21.4 Å². The average Bonchev–Trinajstić information content (AvgIpc) is 3.16. The highest BCUT2D eigenvalue weighted by Crippen LogP contribution is 2.38. The monoisotopic (exact) mass is 380 g/mol. The fourth-order valence-corrected chi connectivity index (χ4v) is 3.27. The molecule has 0 N–H and O–H groups in total. The number of rotatable bonds is 2. The van der Waals surface area contributed by atoms with Crippen molar-refractivity contribution in [1.82, 2.24) is 15.0 Å². The Hall–Kier alpha value is -2.01. The molecule has 11 heteroatoms. The lowest BCUT2D eigenvalue weighted by Gasteiger charge is -2.02. The van der Waals surface area contributed by atoms with E-state index in [1.54, 1.807) is 0 Å². The Morgan fingerprint density at radius 2 is 1.71 bits per heavy atom. The third kappa shape index (κ3) is 3.41. The van der Waals surface area contributed by atoms with Gasteiger partial charge < -0.3 is 0 Å². The number of nitrogens with zero attached hydrogens (tertiary/aromatic N) is 3. The number of alkyl halides is 6. The third-order valence-corrected chi connectivity index (χ3v) is 4.71. The van der Waals surface area contributed by atoms with Crippen LogP contribution in [0.5, 0.6) is 0 Å². The Bertz CT molecular complexity index is 797. The molecule has 0 fully saturated rings. The summed E-state index contributed by atoms with van der Waals surface area (Å²) in [6.45, 7) is 0. The molecular formula is C13H4F6N3S2.